The van der Waals surface area contributed by atoms with Gasteiger partial charge < -0.3 is 15.6 Å². The fourth-order valence-electron chi connectivity index (χ4n) is 4.22. The minimum Gasteiger partial charge on any atom is -0.370 e. The summed E-state index contributed by atoms with van der Waals surface area (Å²) in [7, 11) is -3.92. The highest BCUT2D eigenvalue weighted by molar-refractivity contribution is 14.0. The minimum atomic E-state index is -3.92. The lowest BCUT2D eigenvalue weighted by molar-refractivity contribution is -0.119. The number of carbonyl (C=O) groups is 2. The molecule has 36 heavy (non-hydrogen) atoms. The van der Waals surface area contributed by atoms with E-state index >= 15 is 0 Å². The number of sulfonamides is 1. The fraction of sp³-hybridized carbons (Fsp3) is 0.273. The zero-order chi connectivity index (χ0) is 24.9. The van der Waals surface area contributed by atoms with E-state index in [1.165, 1.54) is 26.6 Å². The number of hydrogen-bond acceptors (Lipinski definition) is 7. The third-order valence-electron chi connectivity index (χ3n) is 5.91. The average Bonchev–Trinajstić information content (AvgIpc) is 3.42. The number of amides is 2. The number of rotatable bonds is 5. The number of nitrogens with one attached hydrogen (secondary N) is 1. The summed E-state index contributed by atoms with van der Waals surface area (Å²) in [6, 6.07) is 7.64. The van der Waals surface area contributed by atoms with Gasteiger partial charge in [-0.3, -0.25) is 14.6 Å². The number of primary amides is 1. The second-order valence-corrected chi connectivity index (χ2v) is 11.7. The molecule has 1 fully saturated rings. The van der Waals surface area contributed by atoms with Gasteiger partial charge in [0.2, 0.25) is 5.91 Å². The maximum atomic E-state index is 13.4. The molecule has 3 aromatic heterocycles. The van der Waals surface area contributed by atoms with Crippen molar-refractivity contribution in [2.75, 3.05) is 19.6 Å². The van der Waals surface area contributed by atoms with Gasteiger partial charge in [-0.25, -0.2) is 13.4 Å². The number of nitrogens with zero attached hydrogens (tertiary/aromatic N) is 4. The number of thiazole rings is 1. The van der Waals surface area contributed by atoms with Crippen LogP contribution in [0.4, 0.5) is 0 Å². The van der Waals surface area contributed by atoms with E-state index in [0.717, 1.165) is 10.4 Å². The van der Waals surface area contributed by atoms with Crippen LogP contribution in [0.25, 0.3) is 21.1 Å². The van der Waals surface area contributed by atoms with Gasteiger partial charge >= 0.3 is 0 Å². The number of pyridine rings is 1. The molecule has 2 amide bonds. The maximum Gasteiger partial charge on any atom is 0.283 e. The number of hydrogen-bond donors (Lipinski definition) is 2. The SMILES string of the molecule is Cc1cc2nc(C(=O)N3CCN(S(=O)(=O)c4cc5cc(Cl)ccc5[nH]4)CC3CC(N)=O)sc2cn1.I. The molecule has 14 heteroatoms. The number of benzene rings is 1. The van der Waals surface area contributed by atoms with Crippen molar-refractivity contribution < 1.29 is 18.0 Å². The van der Waals surface area contributed by atoms with Crippen molar-refractivity contribution in [1.29, 1.82) is 0 Å². The second kappa shape index (κ2) is 10.2. The van der Waals surface area contributed by atoms with Crippen molar-refractivity contribution in [2.45, 2.75) is 24.4 Å². The summed E-state index contributed by atoms with van der Waals surface area (Å²) in [6.45, 7) is 1.92. The summed E-state index contributed by atoms with van der Waals surface area (Å²) < 4.78 is 28.8. The lowest BCUT2D eigenvalue weighted by Gasteiger charge is -2.39. The molecule has 0 saturated carbocycles. The molecule has 0 bridgehead atoms. The smallest absolute Gasteiger partial charge is 0.283 e. The summed E-state index contributed by atoms with van der Waals surface area (Å²) in [4.78, 5) is 38.2. The van der Waals surface area contributed by atoms with E-state index in [4.69, 9.17) is 17.3 Å². The average molecular weight is 661 g/mol. The van der Waals surface area contributed by atoms with Gasteiger partial charge in [-0.2, -0.15) is 4.31 Å². The second-order valence-electron chi connectivity index (χ2n) is 8.36. The first-order valence-electron chi connectivity index (χ1n) is 10.7. The van der Waals surface area contributed by atoms with Crippen LogP contribution in [-0.2, 0) is 14.8 Å². The van der Waals surface area contributed by atoms with Gasteiger partial charge in [-0.05, 0) is 37.3 Å². The van der Waals surface area contributed by atoms with E-state index in [9.17, 15) is 18.0 Å². The van der Waals surface area contributed by atoms with Gasteiger partial charge in [0, 0.05) is 53.9 Å². The number of piperazine rings is 1. The largest absolute Gasteiger partial charge is 0.370 e. The van der Waals surface area contributed by atoms with Crippen molar-refractivity contribution in [1.82, 2.24) is 24.2 Å². The van der Waals surface area contributed by atoms with E-state index in [2.05, 4.69) is 15.0 Å². The Morgan fingerprint density at radius 1 is 1.25 bits per heavy atom. The summed E-state index contributed by atoms with van der Waals surface area (Å²) in [5, 5.41) is 1.43. The van der Waals surface area contributed by atoms with E-state index < -0.39 is 22.0 Å². The Bertz CT molecular complexity index is 1590. The maximum absolute atomic E-state index is 13.4. The van der Waals surface area contributed by atoms with Crippen LogP contribution in [0.15, 0.2) is 41.6 Å². The van der Waals surface area contributed by atoms with E-state index in [-0.39, 0.29) is 66.0 Å². The number of nitrogens with two attached hydrogens (primary N) is 1. The number of carbonyl (C=O) groups excluding carboxylic acids is 2. The first-order chi connectivity index (χ1) is 16.6. The Balaban J connectivity index is 0.00000304. The van der Waals surface area contributed by atoms with E-state index in [1.807, 2.05) is 6.92 Å². The molecule has 0 spiro atoms. The Labute approximate surface area is 232 Å². The van der Waals surface area contributed by atoms with Gasteiger partial charge in [-0.15, -0.1) is 35.3 Å². The molecule has 1 unspecified atom stereocenters. The molecule has 1 aliphatic heterocycles. The number of fused-ring (bicyclic) bond motifs is 2. The number of aromatic nitrogens is 3. The lowest BCUT2D eigenvalue weighted by atomic mass is 10.1. The normalized spacial score (nSPS) is 16.8. The topological polar surface area (TPSA) is 142 Å². The molecule has 1 saturated heterocycles. The predicted molar refractivity (Wildman–Crippen MR) is 148 cm³/mol. The molecule has 190 valence electrons. The zero-order valence-electron chi connectivity index (χ0n) is 19.0. The molecule has 1 aliphatic rings. The van der Waals surface area contributed by atoms with Crippen LogP contribution < -0.4 is 5.73 Å². The molecule has 4 aromatic rings. The molecular weight excluding hydrogens is 639 g/mol. The highest BCUT2D eigenvalue weighted by atomic mass is 127. The van der Waals surface area contributed by atoms with Crippen molar-refractivity contribution in [3.05, 3.63) is 52.3 Å². The molecule has 4 heterocycles. The number of halogens is 2. The van der Waals surface area contributed by atoms with E-state index in [0.29, 0.717) is 21.4 Å². The third kappa shape index (κ3) is 5.07. The quantitative estimate of drug-likeness (QED) is 0.315. The van der Waals surface area contributed by atoms with Crippen LogP contribution in [-0.4, -0.2) is 70.1 Å². The summed E-state index contributed by atoms with van der Waals surface area (Å²) in [5.74, 6) is -0.996. The first-order valence-corrected chi connectivity index (χ1v) is 13.4. The van der Waals surface area contributed by atoms with Crippen molar-refractivity contribution >= 4 is 89.9 Å². The Morgan fingerprint density at radius 3 is 2.78 bits per heavy atom. The van der Waals surface area contributed by atoms with Gasteiger partial charge in [0.05, 0.1) is 16.3 Å². The molecule has 0 aliphatic carbocycles. The minimum absolute atomic E-state index is 0. The van der Waals surface area contributed by atoms with Gasteiger partial charge in [0.15, 0.2) is 5.01 Å². The van der Waals surface area contributed by atoms with E-state index in [1.54, 1.807) is 30.5 Å². The van der Waals surface area contributed by atoms with Gasteiger partial charge in [0.1, 0.15) is 5.03 Å². The summed E-state index contributed by atoms with van der Waals surface area (Å²) >= 11 is 7.23. The number of aryl methyl sites for hydroxylation is 1. The molecule has 1 aromatic carbocycles. The van der Waals surface area contributed by atoms with Gasteiger partial charge in [0.25, 0.3) is 15.9 Å². The van der Waals surface area contributed by atoms with Crippen LogP contribution in [0.3, 0.4) is 0 Å². The van der Waals surface area contributed by atoms with Crippen LogP contribution >= 0.6 is 46.9 Å². The van der Waals surface area contributed by atoms with Crippen molar-refractivity contribution in [3.63, 3.8) is 0 Å². The molecule has 0 radical (unpaired) electrons. The summed E-state index contributed by atoms with van der Waals surface area (Å²) in [5.41, 5.74) is 7.53. The highest BCUT2D eigenvalue weighted by Crippen LogP contribution is 2.28. The highest BCUT2D eigenvalue weighted by Gasteiger charge is 2.38. The summed E-state index contributed by atoms with van der Waals surface area (Å²) in [6.07, 6.45) is 1.49. The Morgan fingerprint density at radius 2 is 2.03 bits per heavy atom. The first kappa shape index (κ1) is 26.7. The Kier molecular flexibility index (Phi) is 7.57. The van der Waals surface area contributed by atoms with Crippen LogP contribution in [0.2, 0.25) is 5.02 Å². The Hall–Kier alpha value is -2.33. The lowest BCUT2D eigenvalue weighted by Crippen LogP contribution is -2.57. The van der Waals surface area contributed by atoms with Crippen LogP contribution in [0.1, 0.15) is 21.9 Å². The zero-order valence-corrected chi connectivity index (χ0v) is 23.7. The standard InChI is InChI=1S/C22H21ClN6O4S2.HI/c1-12-6-17-18(10-25-12)34-21(27-17)22(31)29-5-4-28(11-15(29)9-19(24)30)35(32,33)20-8-13-7-14(23)2-3-16(13)26-20;/h2-3,6-8,10,15,26H,4-5,9,11H2,1H3,(H2,24,30);1H. The predicted octanol–water partition coefficient (Wildman–Crippen LogP) is 3.14. The molecule has 3 N–H and O–H groups in total. The van der Waals surface area contributed by atoms with Gasteiger partial charge in [-0.1, -0.05) is 11.6 Å². The van der Waals surface area contributed by atoms with Crippen molar-refractivity contribution in [2.24, 2.45) is 5.73 Å². The third-order valence-corrected chi connectivity index (χ3v) is 8.93. The fourth-order valence-corrected chi connectivity index (χ4v) is 6.76. The molecule has 5 rings (SSSR count). The monoisotopic (exact) mass is 660 g/mol. The molecular formula is C22H22ClIN6O4S2. The number of aromatic amines is 1. The van der Waals surface area contributed by atoms with Crippen LogP contribution in [0.5, 0.6) is 0 Å². The number of H-pyrrole nitrogens is 1. The van der Waals surface area contributed by atoms with Crippen LogP contribution in [0, 0.1) is 6.92 Å². The molecule has 10 nitrogen and oxygen atoms in total. The van der Waals surface area contributed by atoms with Crippen molar-refractivity contribution in [3.8, 4) is 0 Å². The molecule has 1 atom stereocenters.